The van der Waals surface area contributed by atoms with Crippen LogP contribution in [0.25, 0.3) is 0 Å². The highest BCUT2D eigenvalue weighted by Crippen LogP contribution is 2.45. The third kappa shape index (κ3) is 5.98. The number of ether oxygens (including phenoxy) is 3. The normalized spacial score (nSPS) is 14.2. The molecule has 2 aromatic carbocycles. The second kappa shape index (κ2) is 10.7. The van der Waals surface area contributed by atoms with Crippen LogP contribution in [0.4, 0.5) is 0 Å². The van der Waals surface area contributed by atoms with Gasteiger partial charge in [-0.25, -0.2) is 5.43 Å². The number of hydrogen-bond donors (Lipinski definition) is 1. The minimum atomic E-state index is -0.371. The van der Waals surface area contributed by atoms with Crippen molar-refractivity contribution in [1.82, 2.24) is 5.43 Å². The molecule has 3 rings (SSSR count). The number of amides is 1. The number of nitrogens with zero attached hydrogens (tertiary/aromatic N) is 1. The summed E-state index contributed by atoms with van der Waals surface area (Å²) in [5, 5.41) is 4.35. The molecule has 0 spiro atoms. The Morgan fingerprint density at radius 3 is 2.48 bits per heavy atom. The van der Waals surface area contributed by atoms with E-state index in [1.807, 2.05) is 47.8 Å². The fourth-order valence-corrected chi connectivity index (χ4v) is 5.66. The summed E-state index contributed by atoms with van der Waals surface area (Å²) in [6.45, 7) is -0.136. The predicted molar refractivity (Wildman–Crippen MR) is 120 cm³/mol. The lowest BCUT2D eigenvalue weighted by Crippen LogP contribution is -2.24. The summed E-state index contributed by atoms with van der Waals surface area (Å²) < 4.78 is 16.4. The van der Waals surface area contributed by atoms with Gasteiger partial charge in [-0.1, -0.05) is 23.7 Å². The van der Waals surface area contributed by atoms with Crippen molar-refractivity contribution in [3.05, 3.63) is 52.5 Å². The Morgan fingerprint density at radius 1 is 1.17 bits per heavy atom. The van der Waals surface area contributed by atoms with Gasteiger partial charge in [0.1, 0.15) is 5.75 Å². The van der Waals surface area contributed by atoms with Crippen molar-refractivity contribution in [3.63, 3.8) is 0 Å². The van der Waals surface area contributed by atoms with Gasteiger partial charge in [-0.2, -0.15) is 5.10 Å². The lowest BCUT2D eigenvalue weighted by atomic mass is 10.2. The monoisotopic (exact) mass is 452 g/mol. The van der Waals surface area contributed by atoms with E-state index in [4.69, 9.17) is 25.8 Å². The van der Waals surface area contributed by atoms with Crippen LogP contribution in [0.2, 0.25) is 5.02 Å². The molecule has 1 amide bonds. The van der Waals surface area contributed by atoms with Gasteiger partial charge >= 0.3 is 0 Å². The van der Waals surface area contributed by atoms with Gasteiger partial charge in [-0.3, -0.25) is 4.79 Å². The molecule has 1 N–H and O–H groups in total. The molecule has 29 heavy (non-hydrogen) atoms. The lowest BCUT2D eigenvalue weighted by Gasteiger charge is -2.10. The van der Waals surface area contributed by atoms with Gasteiger partial charge in [0.25, 0.3) is 5.91 Å². The summed E-state index contributed by atoms with van der Waals surface area (Å²) in [6.07, 6.45) is 1.44. The highest BCUT2D eigenvalue weighted by molar-refractivity contribution is 8.19. The molecule has 0 atom stereocenters. The number of hydrazone groups is 1. The number of thioether (sulfide) groups is 2. The smallest absolute Gasteiger partial charge is 0.277 e. The molecule has 1 aliphatic rings. The van der Waals surface area contributed by atoms with E-state index >= 15 is 0 Å². The minimum Gasteiger partial charge on any atom is -0.493 e. The van der Waals surface area contributed by atoms with E-state index in [1.165, 1.54) is 37.5 Å². The minimum absolute atomic E-state index is 0.136. The Hall–Kier alpha value is -2.03. The first-order valence-electron chi connectivity index (χ1n) is 8.80. The Balaban J connectivity index is 1.49. The topological polar surface area (TPSA) is 69.2 Å². The van der Waals surface area contributed by atoms with Gasteiger partial charge in [-0.05, 0) is 23.8 Å². The van der Waals surface area contributed by atoms with E-state index in [0.717, 1.165) is 0 Å². The fraction of sp³-hybridized carbons (Fsp3) is 0.300. The fourth-order valence-electron chi connectivity index (χ4n) is 2.60. The van der Waals surface area contributed by atoms with Crippen LogP contribution in [-0.2, 0) is 4.79 Å². The number of carbonyl (C=O) groups excluding carboxylic acids is 1. The van der Waals surface area contributed by atoms with Gasteiger partial charge in [0.2, 0.25) is 0 Å². The standard InChI is InChI=1S/C20H21ClN2O4S2/c1-25-17-9-14(16(21)10-18(17)26-2)11-22-23-19(24)12-27-15-5-3-13(4-6-15)20-28-7-8-29-20/h3-6,9-11,20H,7-8,12H2,1-2H3,(H,23,24)/b22-11-. The number of carbonyl (C=O) groups is 1. The van der Waals surface area contributed by atoms with E-state index in [9.17, 15) is 4.79 Å². The highest BCUT2D eigenvalue weighted by atomic mass is 35.5. The van der Waals surface area contributed by atoms with Crippen LogP contribution in [0.1, 0.15) is 15.7 Å². The van der Waals surface area contributed by atoms with Crippen molar-refractivity contribution in [3.8, 4) is 17.2 Å². The number of nitrogens with one attached hydrogen (secondary N) is 1. The summed E-state index contributed by atoms with van der Waals surface area (Å²) in [4.78, 5) is 12.0. The summed E-state index contributed by atoms with van der Waals surface area (Å²) in [6, 6.07) is 11.2. The molecule has 154 valence electrons. The molecule has 1 heterocycles. The third-order valence-corrected chi connectivity index (χ3v) is 7.47. The summed E-state index contributed by atoms with van der Waals surface area (Å²) in [7, 11) is 3.06. The average Bonchev–Trinajstić information content (AvgIpc) is 3.28. The second-order valence-electron chi connectivity index (χ2n) is 5.95. The molecule has 6 nitrogen and oxygen atoms in total. The summed E-state index contributed by atoms with van der Waals surface area (Å²) in [5.41, 5.74) is 4.27. The zero-order valence-corrected chi connectivity index (χ0v) is 18.4. The molecule has 0 unspecified atom stereocenters. The molecule has 0 saturated carbocycles. The first-order chi connectivity index (χ1) is 14.1. The zero-order valence-electron chi connectivity index (χ0n) is 16.0. The van der Waals surface area contributed by atoms with Gasteiger partial charge in [-0.15, -0.1) is 23.5 Å². The average molecular weight is 453 g/mol. The summed E-state index contributed by atoms with van der Waals surface area (Å²) >= 11 is 10.1. The van der Waals surface area contributed by atoms with Gasteiger partial charge < -0.3 is 14.2 Å². The second-order valence-corrected chi connectivity index (χ2v) is 9.08. The first-order valence-corrected chi connectivity index (χ1v) is 11.3. The van der Waals surface area contributed by atoms with Crippen LogP contribution in [0.15, 0.2) is 41.5 Å². The van der Waals surface area contributed by atoms with Gasteiger partial charge in [0, 0.05) is 23.1 Å². The van der Waals surface area contributed by atoms with Gasteiger partial charge in [0.05, 0.1) is 30.0 Å². The molecule has 0 bridgehead atoms. The lowest BCUT2D eigenvalue weighted by molar-refractivity contribution is -0.123. The van der Waals surface area contributed by atoms with E-state index in [0.29, 0.717) is 32.4 Å². The Morgan fingerprint density at radius 2 is 1.83 bits per heavy atom. The molecule has 1 saturated heterocycles. The molecule has 1 aliphatic heterocycles. The van der Waals surface area contributed by atoms with E-state index in [2.05, 4.69) is 10.5 Å². The SMILES string of the molecule is COc1cc(Cl)c(/C=N\NC(=O)COc2ccc(C3SCCS3)cc2)cc1OC. The van der Waals surface area contributed by atoms with Crippen molar-refractivity contribution < 1.29 is 19.0 Å². The molecule has 0 aliphatic carbocycles. The van der Waals surface area contributed by atoms with E-state index in [1.54, 1.807) is 12.1 Å². The van der Waals surface area contributed by atoms with Crippen LogP contribution < -0.4 is 19.6 Å². The summed E-state index contributed by atoms with van der Waals surface area (Å²) in [5.74, 6) is 3.67. The molecule has 2 aromatic rings. The van der Waals surface area contributed by atoms with Crippen molar-refractivity contribution in [2.24, 2.45) is 5.10 Å². The number of rotatable bonds is 8. The molecule has 9 heteroatoms. The number of benzene rings is 2. The zero-order chi connectivity index (χ0) is 20.6. The molecular weight excluding hydrogens is 432 g/mol. The number of hydrogen-bond acceptors (Lipinski definition) is 7. The Bertz CT molecular complexity index is 872. The third-order valence-electron chi connectivity index (χ3n) is 4.04. The van der Waals surface area contributed by atoms with Crippen molar-refractivity contribution in [1.29, 1.82) is 0 Å². The van der Waals surface area contributed by atoms with Crippen LogP contribution >= 0.6 is 35.1 Å². The molecular formula is C20H21ClN2O4S2. The highest BCUT2D eigenvalue weighted by Gasteiger charge is 2.18. The maximum absolute atomic E-state index is 12.0. The van der Waals surface area contributed by atoms with Crippen molar-refractivity contribution in [2.45, 2.75) is 4.58 Å². The number of halogens is 1. The van der Waals surface area contributed by atoms with Crippen LogP contribution in [0.3, 0.4) is 0 Å². The molecule has 1 fully saturated rings. The quantitative estimate of drug-likeness (QED) is 0.474. The van der Waals surface area contributed by atoms with Crippen molar-refractivity contribution >= 4 is 47.2 Å². The van der Waals surface area contributed by atoms with Crippen molar-refractivity contribution in [2.75, 3.05) is 32.3 Å². The molecule has 0 radical (unpaired) electrons. The predicted octanol–water partition coefficient (Wildman–Crippen LogP) is 4.36. The Kier molecular flexibility index (Phi) is 7.97. The Labute approximate surface area is 183 Å². The van der Waals surface area contributed by atoms with E-state index < -0.39 is 0 Å². The maximum Gasteiger partial charge on any atom is 0.277 e. The largest absolute Gasteiger partial charge is 0.493 e. The van der Waals surface area contributed by atoms with E-state index in [-0.39, 0.29) is 12.5 Å². The maximum atomic E-state index is 12.0. The van der Waals surface area contributed by atoms with Gasteiger partial charge in [0.15, 0.2) is 18.1 Å². The number of methoxy groups -OCH3 is 2. The molecule has 0 aromatic heterocycles. The van der Waals surface area contributed by atoms with Crippen LogP contribution in [0, 0.1) is 0 Å². The van der Waals surface area contributed by atoms with Crippen LogP contribution in [0.5, 0.6) is 17.2 Å². The van der Waals surface area contributed by atoms with Crippen LogP contribution in [-0.4, -0.2) is 44.5 Å². The first kappa shape index (κ1) is 21.7.